The molecule has 3 rings (SSSR count). The van der Waals surface area contributed by atoms with Crippen LogP contribution in [0.2, 0.25) is 5.02 Å². The fourth-order valence-electron chi connectivity index (χ4n) is 2.02. The lowest BCUT2D eigenvalue weighted by molar-refractivity contribution is 0.387. The van der Waals surface area contributed by atoms with Crippen molar-refractivity contribution in [2.75, 3.05) is 0 Å². The number of benzene rings is 2. The first kappa shape index (κ1) is 15.4. The highest BCUT2D eigenvalue weighted by molar-refractivity contribution is 6.32. The summed E-state index contributed by atoms with van der Waals surface area (Å²) >= 11 is 5.58. The number of aromatic nitrogens is 1. The van der Waals surface area contributed by atoms with Gasteiger partial charge in [-0.2, -0.15) is 18.2 Å². The minimum atomic E-state index is -1.61. The first-order valence-corrected chi connectivity index (χ1v) is 6.97. The van der Waals surface area contributed by atoms with E-state index in [1.165, 1.54) is 0 Å². The van der Waals surface area contributed by atoms with Crippen molar-refractivity contribution in [3.8, 4) is 22.6 Å². The van der Waals surface area contributed by atoms with Gasteiger partial charge in [0, 0.05) is 0 Å². The predicted molar refractivity (Wildman–Crippen MR) is 81.1 cm³/mol. The van der Waals surface area contributed by atoms with Crippen LogP contribution in [-0.2, 0) is 0 Å². The van der Waals surface area contributed by atoms with Crippen molar-refractivity contribution < 1.29 is 17.9 Å². The fourth-order valence-corrected chi connectivity index (χ4v) is 2.19. The number of nitrogens with zero attached hydrogens (tertiary/aromatic N) is 1. The van der Waals surface area contributed by atoms with E-state index in [1.54, 1.807) is 24.3 Å². The molecule has 0 aliphatic carbocycles. The summed E-state index contributed by atoms with van der Waals surface area (Å²) in [4.78, 5) is 2.71. The van der Waals surface area contributed by atoms with Gasteiger partial charge < -0.3 is 4.74 Å². The summed E-state index contributed by atoms with van der Waals surface area (Å²) in [6.45, 7) is 0. The zero-order valence-corrected chi connectivity index (χ0v) is 12.3. The monoisotopic (exact) mass is 335 g/mol. The number of hydrogen-bond donors (Lipinski definition) is 0. The van der Waals surface area contributed by atoms with E-state index in [9.17, 15) is 13.2 Å². The van der Waals surface area contributed by atoms with Crippen LogP contribution in [0.15, 0.2) is 54.6 Å². The third-order valence-electron chi connectivity index (χ3n) is 3.14. The van der Waals surface area contributed by atoms with Gasteiger partial charge in [-0.15, -0.1) is 0 Å². The standard InChI is InChI=1S/C17H9ClF3NO/c18-13-15(14(19)17(21)22-16(13)20)23-12-8-6-11(7-9-12)10-4-2-1-3-5-10/h1-9H. The molecule has 0 atom stereocenters. The average Bonchev–Trinajstić information content (AvgIpc) is 2.58. The van der Waals surface area contributed by atoms with Crippen LogP contribution >= 0.6 is 11.6 Å². The number of halogens is 4. The zero-order valence-electron chi connectivity index (χ0n) is 11.6. The molecule has 0 amide bonds. The van der Waals surface area contributed by atoms with Gasteiger partial charge >= 0.3 is 0 Å². The molecule has 3 aromatic rings. The van der Waals surface area contributed by atoms with Crippen LogP contribution in [-0.4, -0.2) is 4.98 Å². The summed E-state index contributed by atoms with van der Waals surface area (Å²) in [6.07, 6.45) is 0. The second-order valence-corrected chi connectivity index (χ2v) is 5.02. The summed E-state index contributed by atoms with van der Waals surface area (Å²) in [6, 6.07) is 16.1. The van der Waals surface area contributed by atoms with E-state index in [4.69, 9.17) is 16.3 Å². The van der Waals surface area contributed by atoms with Gasteiger partial charge in [-0.05, 0) is 23.3 Å². The average molecular weight is 336 g/mol. The Hall–Kier alpha value is -2.53. The highest BCUT2D eigenvalue weighted by Crippen LogP contribution is 2.34. The van der Waals surface area contributed by atoms with Crippen LogP contribution < -0.4 is 4.74 Å². The van der Waals surface area contributed by atoms with Crippen molar-refractivity contribution in [3.63, 3.8) is 0 Å². The smallest absolute Gasteiger partial charge is 0.255 e. The van der Waals surface area contributed by atoms with Gasteiger partial charge in [-0.1, -0.05) is 54.1 Å². The summed E-state index contributed by atoms with van der Waals surface area (Å²) in [5.74, 6) is -4.92. The maximum absolute atomic E-state index is 13.7. The Balaban J connectivity index is 1.90. The van der Waals surface area contributed by atoms with Gasteiger partial charge in [0.05, 0.1) is 0 Å². The molecule has 1 aromatic heterocycles. The zero-order chi connectivity index (χ0) is 16.4. The van der Waals surface area contributed by atoms with Gasteiger partial charge in [0.25, 0.3) is 5.95 Å². The quantitative estimate of drug-likeness (QED) is 0.580. The van der Waals surface area contributed by atoms with E-state index in [0.29, 0.717) is 0 Å². The SMILES string of the molecule is Fc1nc(F)c(Cl)c(Oc2ccc(-c3ccccc3)cc2)c1F. The number of ether oxygens (including phenoxy) is 1. The highest BCUT2D eigenvalue weighted by atomic mass is 35.5. The minimum Gasteiger partial charge on any atom is -0.452 e. The van der Waals surface area contributed by atoms with Crippen molar-refractivity contribution in [1.82, 2.24) is 4.98 Å². The Morgan fingerprint density at radius 2 is 1.39 bits per heavy atom. The van der Waals surface area contributed by atoms with Crippen LogP contribution in [0.4, 0.5) is 13.2 Å². The first-order valence-electron chi connectivity index (χ1n) is 6.59. The molecule has 23 heavy (non-hydrogen) atoms. The molecule has 0 radical (unpaired) electrons. The largest absolute Gasteiger partial charge is 0.452 e. The lowest BCUT2D eigenvalue weighted by Crippen LogP contribution is -2.00. The van der Waals surface area contributed by atoms with E-state index in [-0.39, 0.29) is 5.75 Å². The van der Waals surface area contributed by atoms with E-state index < -0.39 is 28.5 Å². The van der Waals surface area contributed by atoms with Crippen LogP contribution in [0.5, 0.6) is 11.5 Å². The van der Waals surface area contributed by atoms with Crippen molar-refractivity contribution >= 4 is 11.6 Å². The fraction of sp³-hybridized carbons (Fsp3) is 0. The highest BCUT2D eigenvalue weighted by Gasteiger charge is 2.21. The second-order valence-electron chi connectivity index (χ2n) is 4.64. The summed E-state index contributed by atoms with van der Waals surface area (Å²) < 4.78 is 45.2. The van der Waals surface area contributed by atoms with Gasteiger partial charge in [0.15, 0.2) is 5.75 Å². The molecule has 0 fully saturated rings. The third-order valence-corrected chi connectivity index (χ3v) is 3.47. The lowest BCUT2D eigenvalue weighted by atomic mass is 10.1. The van der Waals surface area contributed by atoms with Gasteiger partial charge in [0.2, 0.25) is 11.8 Å². The van der Waals surface area contributed by atoms with E-state index >= 15 is 0 Å². The molecule has 0 spiro atoms. The molecule has 2 aromatic carbocycles. The van der Waals surface area contributed by atoms with Crippen LogP contribution in [0, 0.1) is 17.7 Å². The molecular formula is C17H9ClF3NO. The molecule has 0 saturated heterocycles. The maximum atomic E-state index is 13.7. The van der Waals surface area contributed by atoms with Crippen LogP contribution in [0.25, 0.3) is 11.1 Å². The third kappa shape index (κ3) is 3.14. The molecule has 2 nitrogen and oxygen atoms in total. The number of hydrogen-bond acceptors (Lipinski definition) is 2. The topological polar surface area (TPSA) is 22.1 Å². The van der Waals surface area contributed by atoms with E-state index in [2.05, 4.69) is 4.98 Å². The summed E-state index contributed by atoms with van der Waals surface area (Å²) in [7, 11) is 0. The molecule has 0 N–H and O–H groups in total. The molecule has 0 aliphatic heterocycles. The molecule has 1 heterocycles. The molecule has 0 saturated carbocycles. The summed E-state index contributed by atoms with van der Waals surface area (Å²) in [5, 5.41) is -0.712. The van der Waals surface area contributed by atoms with Crippen molar-refractivity contribution in [2.24, 2.45) is 0 Å². The summed E-state index contributed by atoms with van der Waals surface area (Å²) in [5.41, 5.74) is 1.90. The Kier molecular flexibility index (Phi) is 4.21. The van der Waals surface area contributed by atoms with E-state index in [0.717, 1.165) is 11.1 Å². The van der Waals surface area contributed by atoms with E-state index in [1.807, 2.05) is 30.3 Å². The van der Waals surface area contributed by atoms with Crippen molar-refractivity contribution in [2.45, 2.75) is 0 Å². The molecule has 0 aliphatic rings. The minimum absolute atomic E-state index is 0.190. The molecule has 0 unspecified atom stereocenters. The first-order chi connectivity index (χ1) is 11.1. The van der Waals surface area contributed by atoms with Crippen molar-refractivity contribution in [3.05, 3.63) is 77.3 Å². The van der Waals surface area contributed by atoms with Crippen LogP contribution in [0.1, 0.15) is 0 Å². The van der Waals surface area contributed by atoms with Crippen molar-refractivity contribution in [1.29, 1.82) is 0 Å². The van der Waals surface area contributed by atoms with Gasteiger partial charge in [-0.25, -0.2) is 0 Å². The predicted octanol–water partition coefficient (Wildman–Crippen LogP) is 5.61. The van der Waals surface area contributed by atoms with Gasteiger partial charge in [0.1, 0.15) is 10.8 Å². The molecule has 0 bridgehead atoms. The normalized spacial score (nSPS) is 10.6. The Labute approximate surface area is 135 Å². The molecular weight excluding hydrogens is 327 g/mol. The Morgan fingerprint density at radius 3 is 2.04 bits per heavy atom. The molecule has 116 valence electrons. The lowest BCUT2D eigenvalue weighted by Gasteiger charge is -2.10. The number of pyridine rings is 1. The Morgan fingerprint density at radius 1 is 0.783 bits per heavy atom. The second kappa shape index (κ2) is 6.30. The molecule has 6 heteroatoms. The Bertz CT molecular complexity index is 812. The van der Waals surface area contributed by atoms with Gasteiger partial charge in [-0.3, -0.25) is 0 Å². The number of rotatable bonds is 3. The van der Waals surface area contributed by atoms with Crippen LogP contribution in [0.3, 0.4) is 0 Å². The maximum Gasteiger partial charge on any atom is 0.255 e.